The van der Waals surface area contributed by atoms with E-state index in [-0.39, 0.29) is 5.95 Å². The molecule has 0 amide bonds. The van der Waals surface area contributed by atoms with Crippen molar-refractivity contribution in [2.45, 2.75) is 12.8 Å². The van der Waals surface area contributed by atoms with E-state index in [0.717, 1.165) is 32.1 Å². The maximum Gasteiger partial charge on any atom is 0.239 e. The quantitative estimate of drug-likeness (QED) is 0.611. The van der Waals surface area contributed by atoms with Crippen LogP contribution in [0.4, 0.5) is 16.2 Å². The minimum atomic E-state index is -0.424. The number of nitrogens with zero attached hydrogens (tertiary/aromatic N) is 3. The lowest BCUT2D eigenvalue weighted by Crippen LogP contribution is -2.38. The molecule has 0 saturated carbocycles. The van der Waals surface area contributed by atoms with Gasteiger partial charge >= 0.3 is 0 Å². The number of nitrogens with two attached hydrogens (primary N) is 1. The predicted molar refractivity (Wildman–Crippen MR) is 66.6 cm³/mol. The lowest BCUT2D eigenvalue weighted by atomic mass is 9.99. The molecule has 1 saturated heterocycles. The topological polar surface area (TPSA) is 76.3 Å². The molecule has 0 bridgehead atoms. The van der Waals surface area contributed by atoms with Crippen LogP contribution in [-0.2, 0) is 4.74 Å². The summed E-state index contributed by atoms with van der Waals surface area (Å²) in [5, 5.41) is 0. The minimum Gasteiger partial charge on any atom is -0.384 e. The number of piperidine rings is 1. The fourth-order valence-corrected chi connectivity index (χ4v) is 2.28. The molecule has 0 aliphatic carbocycles. The van der Waals surface area contributed by atoms with E-state index < -0.39 is 5.82 Å². The van der Waals surface area contributed by atoms with Crippen LogP contribution in [-0.4, -0.2) is 36.8 Å². The van der Waals surface area contributed by atoms with Crippen molar-refractivity contribution >= 4 is 11.8 Å². The molecule has 1 aromatic heterocycles. The van der Waals surface area contributed by atoms with Gasteiger partial charge < -0.3 is 9.64 Å². The summed E-state index contributed by atoms with van der Waals surface area (Å²) in [4.78, 5) is 9.73. The fourth-order valence-electron chi connectivity index (χ4n) is 2.28. The zero-order valence-corrected chi connectivity index (χ0v) is 10.4. The van der Waals surface area contributed by atoms with Gasteiger partial charge in [0.05, 0.1) is 12.8 Å². The molecule has 1 aliphatic rings. The first-order valence-electron chi connectivity index (χ1n) is 5.97. The average Bonchev–Trinajstić information content (AvgIpc) is 2.40. The number of hydrazine groups is 1. The number of nitrogen functional groups attached to an aromatic ring is 1. The average molecular weight is 255 g/mol. The number of rotatable bonds is 4. The number of methoxy groups -OCH3 is 1. The summed E-state index contributed by atoms with van der Waals surface area (Å²) in [5.74, 6) is 5.75. The van der Waals surface area contributed by atoms with Gasteiger partial charge in [0.2, 0.25) is 5.95 Å². The SMILES string of the molecule is COCC1CCCN(c2nc(NN)ncc2F)C1. The number of aromatic nitrogens is 2. The fraction of sp³-hybridized carbons (Fsp3) is 0.636. The molecule has 1 unspecified atom stereocenters. The van der Waals surface area contributed by atoms with E-state index in [1.807, 2.05) is 4.90 Å². The van der Waals surface area contributed by atoms with Crippen LogP contribution in [0, 0.1) is 11.7 Å². The Kier molecular flexibility index (Phi) is 4.27. The highest BCUT2D eigenvalue weighted by atomic mass is 19.1. The standard InChI is InChI=1S/C11H18FN5O/c1-18-7-8-3-2-4-17(6-8)10-9(12)5-14-11(15-10)16-13/h5,8H,2-4,6-7,13H2,1H3,(H,14,15,16). The van der Waals surface area contributed by atoms with E-state index in [1.165, 1.54) is 0 Å². The maximum absolute atomic E-state index is 13.7. The second-order valence-corrected chi connectivity index (χ2v) is 4.42. The van der Waals surface area contributed by atoms with Crippen LogP contribution >= 0.6 is 0 Å². The highest BCUT2D eigenvalue weighted by molar-refractivity contribution is 5.44. The van der Waals surface area contributed by atoms with Gasteiger partial charge in [-0.3, -0.25) is 5.43 Å². The molecule has 6 nitrogen and oxygen atoms in total. The molecule has 3 N–H and O–H groups in total. The Morgan fingerprint density at radius 2 is 2.50 bits per heavy atom. The number of nitrogens with one attached hydrogen (secondary N) is 1. The Morgan fingerprint density at radius 1 is 1.67 bits per heavy atom. The highest BCUT2D eigenvalue weighted by Crippen LogP contribution is 2.24. The van der Waals surface area contributed by atoms with E-state index in [9.17, 15) is 4.39 Å². The second kappa shape index (κ2) is 5.92. The first-order chi connectivity index (χ1) is 8.74. The van der Waals surface area contributed by atoms with Crippen molar-refractivity contribution in [1.82, 2.24) is 9.97 Å². The molecule has 1 aromatic rings. The third-order valence-corrected chi connectivity index (χ3v) is 3.08. The molecule has 2 heterocycles. The molecule has 1 aliphatic heterocycles. The monoisotopic (exact) mass is 255 g/mol. The Labute approximate surface area is 105 Å². The zero-order chi connectivity index (χ0) is 13.0. The summed E-state index contributed by atoms with van der Waals surface area (Å²) in [5.41, 5.74) is 2.33. The summed E-state index contributed by atoms with van der Waals surface area (Å²) in [6.07, 6.45) is 3.24. The van der Waals surface area contributed by atoms with E-state index in [1.54, 1.807) is 7.11 Å². The molecule has 1 atom stereocenters. The van der Waals surface area contributed by atoms with Crippen LogP contribution in [0.2, 0.25) is 0 Å². The summed E-state index contributed by atoms with van der Waals surface area (Å²) < 4.78 is 18.9. The molecular weight excluding hydrogens is 237 g/mol. The molecule has 0 radical (unpaired) electrons. The van der Waals surface area contributed by atoms with Gasteiger partial charge in [0.25, 0.3) is 0 Å². The summed E-state index contributed by atoms with van der Waals surface area (Å²) >= 11 is 0. The van der Waals surface area contributed by atoms with Crippen molar-refractivity contribution < 1.29 is 9.13 Å². The number of ether oxygens (including phenoxy) is 1. The smallest absolute Gasteiger partial charge is 0.239 e. The first kappa shape index (κ1) is 13.0. The molecule has 0 aromatic carbocycles. The van der Waals surface area contributed by atoms with Gasteiger partial charge in [-0.2, -0.15) is 4.98 Å². The zero-order valence-electron chi connectivity index (χ0n) is 10.4. The molecule has 7 heteroatoms. The normalized spacial score (nSPS) is 19.9. The lowest BCUT2D eigenvalue weighted by molar-refractivity contribution is 0.143. The Bertz CT molecular complexity index is 401. The molecule has 18 heavy (non-hydrogen) atoms. The number of hydrogen-bond acceptors (Lipinski definition) is 6. The van der Waals surface area contributed by atoms with Gasteiger partial charge in [0.1, 0.15) is 0 Å². The van der Waals surface area contributed by atoms with Crippen molar-refractivity contribution in [2.75, 3.05) is 37.1 Å². The third-order valence-electron chi connectivity index (χ3n) is 3.08. The van der Waals surface area contributed by atoms with Crippen LogP contribution < -0.4 is 16.2 Å². The number of hydrogen-bond donors (Lipinski definition) is 2. The van der Waals surface area contributed by atoms with E-state index in [0.29, 0.717) is 18.3 Å². The van der Waals surface area contributed by atoms with E-state index in [4.69, 9.17) is 10.6 Å². The second-order valence-electron chi connectivity index (χ2n) is 4.42. The minimum absolute atomic E-state index is 0.222. The van der Waals surface area contributed by atoms with Crippen LogP contribution in [0.3, 0.4) is 0 Å². The molecule has 0 spiro atoms. The largest absolute Gasteiger partial charge is 0.384 e. The maximum atomic E-state index is 13.7. The third kappa shape index (κ3) is 2.85. The van der Waals surface area contributed by atoms with Crippen LogP contribution in [0.15, 0.2) is 6.20 Å². The number of halogens is 1. The van der Waals surface area contributed by atoms with Gasteiger partial charge in [-0.25, -0.2) is 15.2 Å². The number of anilines is 2. The van der Waals surface area contributed by atoms with Crippen molar-refractivity contribution in [2.24, 2.45) is 11.8 Å². The first-order valence-corrected chi connectivity index (χ1v) is 5.97. The van der Waals surface area contributed by atoms with Gasteiger partial charge in [-0.15, -0.1) is 0 Å². The summed E-state index contributed by atoms with van der Waals surface area (Å²) in [6.45, 7) is 2.22. The van der Waals surface area contributed by atoms with Gasteiger partial charge in [-0.05, 0) is 18.8 Å². The molecule has 100 valence electrons. The summed E-state index contributed by atoms with van der Waals surface area (Å²) in [6, 6.07) is 0. The van der Waals surface area contributed by atoms with E-state index >= 15 is 0 Å². The van der Waals surface area contributed by atoms with Crippen LogP contribution in [0.25, 0.3) is 0 Å². The Balaban J connectivity index is 2.14. The predicted octanol–water partition coefficient (Wildman–Crippen LogP) is 0.764. The van der Waals surface area contributed by atoms with Crippen LogP contribution in [0.1, 0.15) is 12.8 Å². The van der Waals surface area contributed by atoms with Gasteiger partial charge in [0, 0.05) is 20.2 Å². The molecule has 2 rings (SSSR count). The summed E-state index contributed by atoms with van der Waals surface area (Å²) in [7, 11) is 1.68. The van der Waals surface area contributed by atoms with Gasteiger partial charge in [-0.1, -0.05) is 0 Å². The highest BCUT2D eigenvalue weighted by Gasteiger charge is 2.23. The van der Waals surface area contributed by atoms with Crippen molar-refractivity contribution in [3.05, 3.63) is 12.0 Å². The molecule has 1 fully saturated rings. The van der Waals surface area contributed by atoms with Crippen LogP contribution in [0.5, 0.6) is 0 Å². The van der Waals surface area contributed by atoms with Crippen molar-refractivity contribution in [1.29, 1.82) is 0 Å². The lowest BCUT2D eigenvalue weighted by Gasteiger charge is -2.33. The van der Waals surface area contributed by atoms with Crippen molar-refractivity contribution in [3.8, 4) is 0 Å². The van der Waals surface area contributed by atoms with E-state index in [2.05, 4.69) is 15.4 Å². The Morgan fingerprint density at radius 3 is 3.22 bits per heavy atom. The van der Waals surface area contributed by atoms with Gasteiger partial charge in [0.15, 0.2) is 11.6 Å². The molecular formula is C11H18FN5O. The Hall–Kier alpha value is -1.47. The van der Waals surface area contributed by atoms with Crippen molar-refractivity contribution in [3.63, 3.8) is 0 Å².